The largest absolute Gasteiger partial charge is 0.384 e. The smallest absolute Gasteiger partial charge is 0.253 e. The van der Waals surface area contributed by atoms with Gasteiger partial charge in [0.2, 0.25) is 0 Å². The van der Waals surface area contributed by atoms with E-state index >= 15 is 0 Å². The SMILES string of the molecule is COCC1(CNC(=O)C(OC2CCCC2)c2ccccc2)CCNCC1.Cl. The Balaban J connectivity index is 0.00000261. The van der Waals surface area contributed by atoms with Crippen LogP contribution in [0.3, 0.4) is 0 Å². The highest BCUT2D eigenvalue weighted by molar-refractivity contribution is 5.85. The lowest BCUT2D eigenvalue weighted by Gasteiger charge is -2.37. The van der Waals surface area contributed by atoms with Crippen molar-refractivity contribution in [1.82, 2.24) is 10.6 Å². The van der Waals surface area contributed by atoms with E-state index in [1.165, 1.54) is 12.8 Å². The van der Waals surface area contributed by atoms with Crippen molar-refractivity contribution in [3.05, 3.63) is 35.9 Å². The molecule has 1 amide bonds. The van der Waals surface area contributed by atoms with Gasteiger partial charge in [-0.1, -0.05) is 43.2 Å². The minimum absolute atomic E-state index is 0. The lowest BCUT2D eigenvalue weighted by molar-refractivity contribution is -0.138. The van der Waals surface area contributed by atoms with E-state index in [4.69, 9.17) is 9.47 Å². The van der Waals surface area contributed by atoms with Crippen LogP contribution < -0.4 is 10.6 Å². The molecule has 1 aromatic rings. The van der Waals surface area contributed by atoms with Crippen molar-refractivity contribution in [2.75, 3.05) is 33.4 Å². The van der Waals surface area contributed by atoms with Crippen LogP contribution in [0.25, 0.3) is 0 Å². The molecule has 0 aromatic heterocycles. The number of hydrogen-bond donors (Lipinski definition) is 2. The van der Waals surface area contributed by atoms with Crippen LogP contribution >= 0.6 is 12.4 Å². The highest BCUT2D eigenvalue weighted by atomic mass is 35.5. The van der Waals surface area contributed by atoms with Crippen molar-refractivity contribution in [3.8, 4) is 0 Å². The number of nitrogens with one attached hydrogen (secondary N) is 2. The van der Waals surface area contributed by atoms with E-state index in [-0.39, 0.29) is 29.8 Å². The highest BCUT2D eigenvalue weighted by Gasteiger charge is 2.34. The summed E-state index contributed by atoms with van der Waals surface area (Å²) in [5.41, 5.74) is 0.951. The molecule has 2 N–H and O–H groups in total. The van der Waals surface area contributed by atoms with Crippen LogP contribution in [0.5, 0.6) is 0 Å². The lowest BCUT2D eigenvalue weighted by Crippen LogP contribution is -2.48. The summed E-state index contributed by atoms with van der Waals surface area (Å²) in [6, 6.07) is 9.86. The Morgan fingerprint density at radius 1 is 1.22 bits per heavy atom. The molecule has 0 radical (unpaired) electrons. The fourth-order valence-corrected chi connectivity index (χ4v) is 4.14. The summed E-state index contributed by atoms with van der Waals surface area (Å²) in [6.07, 6.45) is 6.18. The number of carbonyl (C=O) groups is 1. The first-order chi connectivity index (χ1) is 12.7. The standard InChI is InChI=1S/C21H32N2O3.ClH/c1-25-16-21(11-13-22-14-12-21)15-23-20(24)19(17-7-3-2-4-8-17)26-18-9-5-6-10-18;/h2-4,7-8,18-19,22H,5-6,9-16H2,1H3,(H,23,24);1H. The van der Waals surface area contributed by atoms with E-state index in [9.17, 15) is 4.79 Å². The van der Waals surface area contributed by atoms with Gasteiger partial charge in [-0.2, -0.15) is 0 Å². The van der Waals surface area contributed by atoms with E-state index in [1.807, 2.05) is 30.3 Å². The summed E-state index contributed by atoms with van der Waals surface area (Å²) < 4.78 is 11.7. The quantitative estimate of drug-likeness (QED) is 0.708. The third-order valence-electron chi connectivity index (χ3n) is 5.72. The maximum atomic E-state index is 13.0. The number of ether oxygens (including phenoxy) is 2. The van der Waals surface area contributed by atoms with Crippen molar-refractivity contribution < 1.29 is 14.3 Å². The number of rotatable bonds is 8. The second-order valence-electron chi connectivity index (χ2n) is 7.73. The molecule has 1 unspecified atom stereocenters. The van der Waals surface area contributed by atoms with Gasteiger partial charge in [0.05, 0.1) is 12.7 Å². The molecule has 1 atom stereocenters. The van der Waals surface area contributed by atoms with Crippen LogP contribution in [0.2, 0.25) is 0 Å². The maximum absolute atomic E-state index is 13.0. The van der Waals surface area contributed by atoms with Crippen molar-refractivity contribution in [2.45, 2.75) is 50.7 Å². The summed E-state index contributed by atoms with van der Waals surface area (Å²) in [5.74, 6) is -0.0305. The van der Waals surface area contributed by atoms with Gasteiger partial charge in [-0.25, -0.2) is 0 Å². The number of benzene rings is 1. The van der Waals surface area contributed by atoms with Gasteiger partial charge in [0.25, 0.3) is 5.91 Å². The summed E-state index contributed by atoms with van der Waals surface area (Å²) in [7, 11) is 1.74. The van der Waals surface area contributed by atoms with Crippen LogP contribution in [0.1, 0.15) is 50.2 Å². The summed E-state index contributed by atoms with van der Waals surface area (Å²) in [5, 5.41) is 6.57. The third kappa shape index (κ3) is 6.18. The minimum Gasteiger partial charge on any atom is -0.384 e. The zero-order valence-electron chi connectivity index (χ0n) is 16.2. The first-order valence-electron chi connectivity index (χ1n) is 9.90. The highest BCUT2D eigenvalue weighted by Crippen LogP contribution is 2.30. The topological polar surface area (TPSA) is 59.6 Å². The second-order valence-corrected chi connectivity index (χ2v) is 7.73. The van der Waals surface area contributed by atoms with Crippen LogP contribution in [-0.4, -0.2) is 45.4 Å². The average molecular weight is 397 g/mol. The van der Waals surface area contributed by atoms with E-state index in [0.29, 0.717) is 13.2 Å². The van der Waals surface area contributed by atoms with Gasteiger partial charge in [-0.15, -0.1) is 12.4 Å². The number of hydrogen-bond acceptors (Lipinski definition) is 4. The van der Waals surface area contributed by atoms with Gasteiger partial charge in [0.1, 0.15) is 0 Å². The van der Waals surface area contributed by atoms with Crippen molar-refractivity contribution in [2.24, 2.45) is 5.41 Å². The van der Waals surface area contributed by atoms with E-state index < -0.39 is 6.10 Å². The molecule has 27 heavy (non-hydrogen) atoms. The van der Waals surface area contributed by atoms with E-state index in [1.54, 1.807) is 7.11 Å². The number of halogens is 1. The van der Waals surface area contributed by atoms with Crippen LogP contribution in [-0.2, 0) is 14.3 Å². The van der Waals surface area contributed by atoms with Crippen molar-refractivity contribution in [3.63, 3.8) is 0 Å². The predicted octanol–water partition coefficient (Wildman–Crippen LogP) is 3.24. The van der Waals surface area contributed by atoms with Gasteiger partial charge in [-0.3, -0.25) is 4.79 Å². The predicted molar refractivity (Wildman–Crippen MR) is 109 cm³/mol. The molecule has 1 aliphatic carbocycles. The van der Waals surface area contributed by atoms with Gasteiger partial charge in [0.15, 0.2) is 6.10 Å². The molecule has 1 saturated carbocycles. The molecule has 0 spiro atoms. The Labute approximate surface area is 169 Å². The molecule has 0 bridgehead atoms. The Kier molecular flexibility index (Phi) is 9.03. The fourth-order valence-electron chi connectivity index (χ4n) is 4.14. The molecule has 6 heteroatoms. The maximum Gasteiger partial charge on any atom is 0.253 e. The molecular weight excluding hydrogens is 364 g/mol. The fraction of sp³-hybridized carbons (Fsp3) is 0.667. The Morgan fingerprint density at radius 3 is 2.52 bits per heavy atom. The van der Waals surface area contributed by atoms with Crippen LogP contribution in [0, 0.1) is 5.41 Å². The lowest BCUT2D eigenvalue weighted by atomic mass is 9.79. The zero-order chi connectivity index (χ0) is 18.2. The van der Waals surface area contributed by atoms with Gasteiger partial charge in [0, 0.05) is 19.1 Å². The molecule has 1 aliphatic heterocycles. The second kappa shape index (κ2) is 11.0. The normalized spacial score (nSPS) is 20.6. The number of carbonyl (C=O) groups excluding carboxylic acids is 1. The molecule has 5 nitrogen and oxygen atoms in total. The zero-order valence-corrected chi connectivity index (χ0v) is 17.1. The molecule has 2 fully saturated rings. The van der Waals surface area contributed by atoms with Gasteiger partial charge >= 0.3 is 0 Å². The Hall–Kier alpha value is -1.14. The third-order valence-corrected chi connectivity index (χ3v) is 5.72. The molecule has 2 aliphatic rings. The van der Waals surface area contributed by atoms with Crippen LogP contribution in [0.15, 0.2) is 30.3 Å². The van der Waals surface area contributed by atoms with E-state index in [0.717, 1.165) is 44.3 Å². The average Bonchev–Trinajstić information content (AvgIpc) is 3.19. The van der Waals surface area contributed by atoms with Crippen molar-refractivity contribution >= 4 is 18.3 Å². The summed E-state index contributed by atoms with van der Waals surface area (Å²) in [6.45, 7) is 3.26. The summed E-state index contributed by atoms with van der Waals surface area (Å²) in [4.78, 5) is 13.0. The van der Waals surface area contributed by atoms with Crippen molar-refractivity contribution in [1.29, 1.82) is 0 Å². The van der Waals surface area contributed by atoms with Gasteiger partial charge < -0.3 is 20.1 Å². The number of piperidine rings is 1. The number of amides is 1. The summed E-state index contributed by atoms with van der Waals surface area (Å²) >= 11 is 0. The van der Waals surface area contributed by atoms with Crippen LogP contribution in [0.4, 0.5) is 0 Å². The molecular formula is C21H33ClN2O3. The Bertz CT molecular complexity index is 552. The van der Waals surface area contributed by atoms with E-state index in [2.05, 4.69) is 10.6 Å². The molecule has 3 rings (SSSR count). The Morgan fingerprint density at radius 2 is 1.89 bits per heavy atom. The first kappa shape index (κ1) is 22.2. The number of methoxy groups -OCH3 is 1. The van der Waals surface area contributed by atoms with Gasteiger partial charge in [-0.05, 0) is 44.3 Å². The molecule has 1 aromatic carbocycles. The molecule has 152 valence electrons. The first-order valence-corrected chi connectivity index (χ1v) is 9.90. The monoisotopic (exact) mass is 396 g/mol. The molecule has 1 saturated heterocycles. The minimum atomic E-state index is -0.527. The molecule has 1 heterocycles.